The van der Waals surface area contributed by atoms with Crippen LogP contribution in [-0.2, 0) is 4.74 Å². The molecule has 0 unspecified atom stereocenters. The van der Waals surface area contributed by atoms with E-state index in [0.29, 0.717) is 37.3 Å². The van der Waals surface area contributed by atoms with Gasteiger partial charge in [-0.3, -0.25) is 4.90 Å². The number of hydrogen-bond donors (Lipinski definition) is 3. The van der Waals surface area contributed by atoms with E-state index in [1.54, 1.807) is 13.1 Å². The van der Waals surface area contributed by atoms with Gasteiger partial charge in [0.25, 0.3) is 0 Å². The summed E-state index contributed by atoms with van der Waals surface area (Å²) in [5, 5.41) is 6.96. The van der Waals surface area contributed by atoms with E-state index in [2.05, 4.69) is 30.3 Å². The monoisotopic (exact) mass is 597 g/mol. The number of likely N-dealkylation sites (N-methyl/N-ethyl adjacent to an activating group) is 1. The number of nitrogen functional groups attached to an aromatic ring is 1. The SMILES string of the molecule is CN1C[C@H](OC(F)F)C[C@H]1COc1nc(NC2CNC2)c2cc(Cl)c(-c3ccc(F)c4sc(N)nc34)c(F)c2n1. The van der Waals surface area contributed by atoms with Crippen molar-refractivity contribution in [3.05, 3.63) is 34.9 Å². The highest BCUT2D eigenvalue weighted by molar-refractivity contribution is 7.22. The average Bonchev–Trinajstić information content (AvgIpc) is 3.43. The van der Waals surface area contributed by atoms with E-state index >= 15 is 4.39 Å². The zero-order valence-electron chi connectivity index (χ0n) is 21.1. The minimum Gasteiger partial charge on any atom is -0.462 e. The first-order valence-electron chi connectivity index (χ1n) is 12.5. The van der Waals surface area contributed by atoms with Crippen LogP contribution in [-0.4, -0.2) is 77.9 Å². The molecule has 0 bridgehead atoms. The summed E-state index contributed by atoms with van der Waals surface area (Å²) in [6.45, 7) is -1.08. The van der Waals surface area contributed by atoms with Crippen molar-refractivity contribution in [2.24, 2.45) is 0 Å². The Morgan fingerprint density at radius 2 is 2.02 bits per heavy atom. The fraction of sp³-hybridized carbons (Fsp3) is 0.400. The summed E-state index contributed by atoms with van der Waals surface area (Å²) < 4.78 is 66.8. The van der Waals surface area contributed by atoms with Gasteiger partial charge < -0.3 is 25.8 Å². The number of fused-ring (bicyclic) bond motifs is 2. The number of aromatic nitrogens is 3. The van der Waals surface area contributed by atoms with Gasteiger partial charge in [-0.1, -0.05) is 22.9 Å². The second-order valence-electron chi connectivity index (χ2n) is 9.78. The van der Waals surface area contributed by atoms with Gasteiger partial charge in [0.15, 0.2) is 10.9 Å². The maximum Gasteiger partial charge on any atom is 0.345 e. The lowest BCUT2D eigenvalue weighted by atomic mass is 10.0. The lowest BCUT2D eigenvalue weighted by molar-refractivity contribution is -0.158. The topological polar surface area (TPSA) is 110 Å². The minimum absolute atomic E-state index is 0.00658. The first kappa shape index (κ1) is 27.1. The second kappa shape index (κ2) is 10.7. The summed E-state index contributed by atoms with van der Waals surface area (Å²) in [5.41, 5.74) is 6.22. The summed E-state index contributed by atoms with van der Waals surface area (Å²) in [6, 6.07) is 3.89. The quantitative estimate of drug-likeness (QED) is 0.253. The zero-order chi connectivity index (χ0) is 28.1. The number of benzene rings is 2. The van der Waals surface area contributed by atoms with Gasteiger partial charge >= 0.3 is 12.6 Å². The maximum absolute atomic E-state index is 16.3. The molecular formula is C25H24ClF4N7O2S. The van der Waals surface area contributed by atoms with Crippen LogP contribution in [0.25, 0.3) is 32.2 Å². The van der Waals surface area contributed by atoms with E-state index in [-0.39, 0.29) is 61.7 Å². The normalized spacial score (nSPS) is 20.1. The van der Waals surface area contributed by atoms with Gasteiger partial charge in [0.2, 0.25) is 0 Å². The van der Waals surface area contributed by atoms with Gasteiger partial charge in [-0.15, -0.1) is 0 Å². The van der Waals surface area contributed by atoms with Gasteiger partial charge in [-0.2, -0.15) is 18.7 Å². The van der Waals surface area contributed by atoms with E-state index in [4.69, 9.17) is 22.1 Å². The third-order valence-electron chi connectivity index (χ3n) is 7.12. The molecule has 40 heavy (non-hydrogen) atoms. The molecule has 2 aromatic carbocycles. The third-order valence-corrected chi connectivity index (χ3v) is 8.31. The lowest BCUT2D eigenvalue weighted by Gasteiger charge is -2.29. The van der Waals surface area contributed by atoms with Crippen LogP contribution in [0.4, 0.5) is 28.5 Å². The Bertz CT molecular complexity index is 1590. The van der Waals surface area contributed by atoms with Crippen molar-refractivity contribution in [3.8, 4) is 17.1 Å². The molecule has 2 atom stereocenters. The summed E-state index contributed by atoms with van der Waals surface area (Å²) in [5.74, 6) is -0.950. The number of ether oxygens (including phenoxy) is 2. The summed E-state index contributed by atoms with van der Waals surface area (Å²) in [4.78, 5) is 14.9. The molecule has 2 fully saturated rings. The predicted octanol–water partition coefficient (Wildman–Crippen LogP) is 4.49. The number of nitrogens with zero attached hydrogens (tertiary/aromatic N) is 4. The van der Waals surface area contributed by atoms with Gasteiger partial charge in [-0.05, 0) is 31.7 Å². The molecule has 4 heterocycles. The Kier molecular flexibility index (Phi) is 7.29. The largest absolute Gasteiger partial charge is 0.462 e. The summed E-state index contributed by atoms with van der Waals surface area (Å²) in [7, 11) is 1.78. The standard InChI is InChI=1S/C25H24ClF4N7O2S/c1-37-8-12(39-23(29)30)4-11(37)9-38-25-35-19-14(22(36-25)33-10-6-32-7-10)5-15(26)17(18(19)28)13-2-3-16(27)21-20(13)34-24(31)40-21/h2-3,5,10-12,23,32H,4,6-9H2,1H3,(H2,31,34)(H,33,35,36)/t11-,12+/m0/s1. The molecule has 0 amide bonds. The molecule has 0 radical (unpaired) electrons. The van der Waals surface area contributed by atoms with Crippen molar-refractivity contribution in [2.45, 2.75) is 31.2 Å². The smallest absolute Gasteiger partial charge is 0.345 e. The summed E-state index contributed by atoms with van der Waals surface area (Å²) >= 11 is 7.57. The number of alkyl halides is 2. The summed E-state index contributed by atoms with van der Waals surface area (Å²) in [6.07, 6.45) is -0.299. The Labute approximate surface area is 234 Å². The number of nitrogens with one attached hydrogen (secondary N) is 2. The molecule has 6 rings (SSSR count). The fourth-order valence-electron chi connectivity index (χ4n) is 5.01. The van der Waals surface area contributed by atoms with Crippen molar-refractivity contribution >= 4 is 55.0 Å². The molecule has 4 aromatic rings. The number of halogens is 5. The highest BCUT2D eigenvalue weighted by Crippen LogP contribution is 2.42. The molecule has 4 N–H and O–H groups in total. The molecule has 2 aliphatic heterocycles. The van der Waals surface area contributed by atoms with Crippen LogP contribution >= 0.6 is 22.9 Å². The van der Waals surface area contributed by atoms with Crippen molar-refractivity contribution in [1.29, 1.82) is 0 Å². The number of anilines is 2. The van der Waals surface area contributed by atoms with Gasteiger partial charge in [-0.25, -0.2) is 13.8 Å². The second-order valence-corrected chi connectivity index (χ2v) is 11.2. The van der Waals surface area contributed by atoms with Crippen LogP contribution in [0.3, 0.4) is 0 Å². The van der Waals surface area contributed by atoms with Gasteiger partial charge in [0.05, 0.1) is 27.4 Å². The molecule has 2 aromatic heterocycles. The Balaban J connectivity index is 1.39. The van der Waals surface area contributed by atoms with Crippen molar-refractivity contribution in [3.63, 3.8) is 0 Å². The van der Waals surface area contributed by atoms with Crippen molar-refractivity contribution in [1.82, 2.24) is 25.2 Å². The lowest BCUT2D eigenvalue weighted by Crippen LogP contribution is -2.51. The molecule has 15 heteroatoms. The maximum atomic E-state index is 16.3. The highest BCUT2D eigenvalue weighted by Gasteiger charge is 2.33. The van der Waals surface area contributed by atoms with Gasteiger partial charge in [0.1, 0.15) is 23.8 Å². The first-order chi connectivity index (χ1) is 19.2. The van der Waals surface area contributed by atoms with E-state index in [1.807, 2.05) is 4.90 Å². The van der Waals surface area contributed by atoms with Crippen LogP contribution in [0.15, 0.2) is 18.2 Å². The van der Waals surface area contributed by atoms with E-state index in [9.17, 15) is 13.2 Å². The third kappa shape index (κ3) is 5.09. The van der Waals surface area contributed by atoms with Crippen LogP contribution in [0.2, 0.25) is 5.02 Å². The Morgan fingerprint density at radius 3 is 2.75 bits per heavy atom. The molecule has 9 nitrogen and oxygen atoms in total. The van der Waals surface area contributed by atoms with Gasteiger partial charge in [0, 0.05) is 42.2 Å². The average molecular weight is 598 g/mol. The molecule has 2 aliphatic rings. The highest BCUT2D eigenvalue weighted by atomic mass is 35.5. The molecule has 0 spiro atoms. The van der Waals surface area contributed by atoms with Crippen LogP contribution in [0.1, 0.15) is 6.42 Å². The fourth-order valence-corrected chi connectivity index (χ4v) is 6.07. The van der Waals surface area contributed by atoms with Crippen LogP contribution < -0.4 is 21.1 Å². The van der Waals surface area contributed by atoms with E-state index < -0.39 is 24.3 Å². The van der Waals surface area contributed by atoms with E-state index in [1.165, 1.54) is 12.1 Å². The molecule has 0 aliphatic carbocycles. The number of nitrogens with two attached hydrogens (primary N) is 1. The van der Waals surface area contributed by atoms with Crippen LogP contribution in [0.5, 0.6) is 6.01 Å². The van der Waals surface area contributed by atoms with E-state index in [0.717, 1.165) is 11.3 Å². The predicted molar refractivity (Wildman–Crippen MR) is 145 cm³/mol. The molecule has 2 saturated heterocycles. The minimum atomic E-state index is -2.86. The van der Waals surface area contributed by atoms with Crippen molar-refractivity contribution in [2.75, 3.05) is 44.3 Å². The number of thiazole rings is 1. The Hall–Kier alpha value is -3.04. The number of rotatable bonds is 8. The number of hydrogen-bond acceptors (Lipinski definition) is 10. The molecular weight excluding hydrogens is 574 g/mol. The first-order valence-corrected chi connectivity index (χ1v) is 13.7. The molecule has 212 valence electrons. The zero-order valence-corrected chi connectivity index (χ0v) is 22.6. The Morgan fingerprint density at radius 1 is 1.23 bits per heavy atom. The molecule has 0 saturated carbocycles. The van der Waals surface area contributed by atoms with Crippen LogP contribution in [0, 0.1) is 11.6 Å². The van der Waals surface area contributed by atoms with Crippen molar-refractivity contribution < 1.29 is 27.0 Å². The number of likely N-dealkylation sites (tertiary alicyclic amines) is 1.